The van der Waals surface area contributed by atoms with Gasteiger partial charge in [0.15, 0.2) is 5.69 Å². The van der Waals surface area contributed by atoms with Crippen molar-refractivity contribution in [1.29, 1.82) is 10.7 Å². The molecule has 1 aromatic heterocycles. The molecule has 0 unspecified atom stereocenters. The lowest BCUT2D eigenvalue weighted by molar-refractivity contribution is 1.22. The van der Waals surface area contributed by atoms with Crippen molar-refractivity contribution in [3.8, 4) is 6.07 Å². The van der Waals surface area contributed by atoms with E-state index in [1.807, 2.05) is 6.07 Å². The molecule has 0 amide bonds. The summed E-state index contributed by atoms with van der Waals surface area (Å²) in [4.78, 5) is 4.01. The molecule has 1 aromatic rings. The zero-order valence-electron chi connectivity index (χ0n) is 6.93. The van der Waals surface area contributed by atoms with Gasteiger partial charge in [0.1, 0.15) is 11.9 Å². The smallest absolute Gasteiger partial charge is 0.157 e. The molecule has 0 aliphatic rings. The van der Waals surface area contributed by atoms with Gasteiger partial charge in [0, 0.05) is 18.8 Å². The van der Waals surface area contributed by atoms with Gasteiger partial charge in [0.05, 0.1) is 4.47 Å². The van der Waals surface area contributed by atoms with Crippen molar-refractivity contribution in [3.63, 3.8) is 0 Å². The van der Waals surface area contributed by atoms with Crippen LogP contribution in [0.2, 0.25) is 0 Å². The standard InChI is InChI=1S/C8H7BrN4/c1-12-8-5(3-10)2-6(9)7(4-11)13-8/h2-3,10H,1H3,(H,12,13). The number of anilines is 1. The summed E-state index contributed by atoms with van der Waals surface area (Å²) in [5.74, 6) is 0.537. The Kier molecular flexibility index (Phi) is 2.98. The van der Waals surface area contributed by atoms with E-state index in [0.29, 0.717) is 21.5 Å². The van der Waals surface area contributed by atoms with Gasteiger partial charge in [-0.2, -0.15) is 5.26 Å². The van der Waals surface area contributed by atoms with E-state index in [0.717, 1.165) is 0 Å². The first-order valence-corrected chi connectivity index (χ1v) is 4.31. The highest BCUT2D eigenvalue weighted by atomic mass is 79.9. The Labute approximate surface area is 84.2 Å². The van der Waals surface area contributed by atoms with Crippen LogP contribution in [0.3, 0.4) is 0 Å². The average Bonchev–Trinajstić information content (AvgIpc) is 2.17. The van der Waals surface area contributed by atoms with Crippen molar-refractivity contribution in [1.82, 2.24) is 4.98 Å². The number of nitriles is 1. The molecule has 2 N–H and O–H groups in total. The molecule has 0 aliphatic carbocycles. The van der Waals surface area contributed by atoms with E-state index < -0.39 is 0 Å². The zero-order valence-corrected chi connectivity index (χ0v) is 8.51. The van der Waals surface area contributed by atoms with Gasteiger partial charge in [-0.1, -0.05) is 0 Å². The van der Waals surface area contributed by atoms with Gasteiger partial charge < -0.3 is 10.7 Å². The topological polar surface area (TPSA) is 72.6 Å². The largest absolute Gasteiger partial charge is 0.373 e. The summed E-state index contributed by atoms with van der Waals surface area (Å²) in [7, 11) is 1.70. The lowest BCUT2D eigenvalue weighted by Crippen LogP contribution is -2.00. The van der Waals surface area contributed by atoms with Crippen LogP contribution in [-0.2, 0) is 0 Å². The first-order chi connectivity index (χ1) is 6.22. The average molecular weight is 239 g/mol. The summed E-state index contributed by atoms with van der Waals surface area (Å²) in [6.45, 7) is 0. The summed E-state index contributed by atoms with van der Waals surface area (Å²) in [6.07, 6.45) is 1.19. The second kappa shape index (κ2) is 4.01. The molecule has 0 spiro atoms. The van der Waals surface area contributed by atoms with Crippen LogP contribution in [0.15, 0.2) is 10.5 Å². The third-order valence-electron chi connectivity index (χ3n) is 1.50. The van der Waals surface area contributed by atoms with Crippen LogP contribution in [0.4, 0.5) is 5.82 Å². The summed E-state index contributed by atoms with van der Waals surface area (Å²) in [5.41, 5.74) is 0.961. The predicted octanol–water partition coefficient (Wildman–Crippen LogP) is 1.76. The van der Waals surface area contributed by atoms with Crippen LogP contribution in [-0.4, -0.2) is 18.2 Å². The third-order valence-corrected chi connectivity index (χ3v) is 2.11. The van der Waals surface area contributed by atoms with Crippen molar-refractivity contribution in [2.24, 2.45) is 0 Å². The van der Waals surface area contributed by atoms with E-state index in [9.17, 15) is 0 Å². The molecule has 0 radical (unpaired) electrons. The molecular formula is C8H7BrN4. The highest BCUT2D eigenvalue weighted by Crippen LogP contribution is 2.20. The second-order valence-corrected chi connectivity index (χ2v) is 3.12. The normalized spacial score (nSPS) is 9.00. The molecule has 0 saturated carbocycles. The van der Waals surface area contributed by atoms with E-state index in [2.05, 4.69) is 26.2 Å². The Morgan fingerprint density at radius 2 is 2.46 bits per heavy atom. The molecule has 0 aromatic carbocycles. The molecule has 0 aliphatic heterocycles. The molecule has 5 heteroatoms. The van der Waals surface area contributed by atoms with Crippen LogP contribution in [0.25, 0.3) is 0 Å². The van der Waals surface area contributed by atoms with Gasteiger partial charge in [-0.25, -0.2) is 4.98 Å². The monoisotopic (exact) mass is 238 g/mol. The highest BCUT2D eigenvalue weighted by Gasteiger charge is 2.06. The van der Waals surface area contributed by atoms with Crippen LogP contribution in [0.1, 0.15) is 11.3 Å². The second-order valence-electron chi connectivity index (χ2n) is 2.26. The van der Waals surface area contributed by atoms with E-state index in [1.54, 1.807) is 13.1 Å². The molecule has 1 rings (SSSR count). The molecule has 0 bridgehead atoms. The number of nitrogens with one attached hydrogen (secondary N) is 2. The van der Waals surface area contributed by atoms with E-state index in [-0.39, 0.29) is 0 Å². The third kappa shape index (κ3) is 1.84. The summed E-state index contributed by atoms with van der Waals surface area (Å²) >= 11 is 3.20. The van der Waals surface area contributed by atoms with Crippen molar-refractivity contribution >= 4 is 28.0 Å². The van der Waals surface area contributed by atoms with Gasteiger partial charge in [0.2, 0.25) is 0 Å². The molecule has 13 heavy (non-hydrogen) atoms. The van der Waals surface area contributed by atoms with Crippen LogP contribution < -0.4 is 5.32 Å². The van der Waals surface area contributed by atoms with Gasteiger partial charge in [-0.3, -0.25) is 0 Å². The van der Waals surface area contributed by atoms with Crippen molar-refractivity contribution in [3.05, 3.63) is 21.8 Å². The Bertz CT molecular complexity index is 380. The molecule has 66 valence electrons. The van der Waals surface area contributed by atoms with Gasteiger partial charge in [-0.15, -0.1) is 0 Å². The van der Waals surface area contributed by atoms with Crippen molar-refractivity contribution in [2.75, 3.05) is 12.4 Å². The van der Waals surface area contributed by atoms with E-state index >= 15 is 0 Å². The van der Waals surface area contributed by atoms with Crippen LogP contribution in [0.5, 0.6) is 0 Å². The van der Waals surface area contributed by atoms with Gasteiger partial charge in [0.25, 0.3) is 0 Å². The van der Waals surface area contributed by atoms with Gasteiger partial charge in [-0.05, 0) is 22.0 Å². The minimum Gasteiger partial charge on any atom is -0.373 e. The first-order valence-electron chi connectivity index (χ1n) is 3.51. The molecule has 1 heterocycles. The van der Waals surface area contributed by atoms with Gasteiger partial charge >= 0.3 is 0 Å². The quantitative estimate of drug-likeness (QED) is 0.772. The fourth-order valence-corrected chi connectivity index (χ4v) is 1.32. The SMILES string of the molecule is CNc1nc(C#N)c(Br)cc1C=N. The van der Waals surface area contributed by atoms with E-state index in [1.165, 1.54) is 6.21 Å². The minimum atomic E-state index is 0.315. The van der Waals surface area contributed by atoms with Crippen molar-refractivity contribution in [2.45, 2.75) is 0 Å². The number of aromatic nitrogens is 1. The Balaban J connectivity index is 3.36. The number of rotatable bonds is 2. The number of hydrogen-bond donors (Lipinski definition) is 2. The number of nitrogens with zero attached hydrogens (tertiary/aromatic N) is 2. The maximum absolute atomic E-state index is 8.67. The predicted molar refractivity (Wildman–Crippen MR) is 54.1 cm³/mol. The summed E-state index contributed by atoms with van der Waals surface area (Å²) < 4.78 is 0.604. The van der Waals surface area contributed by atoms with E-state index in [4.69, 9.17) is 10.7 Å². The van der Waals surface area contributed by atoms with Crippen molar-refractivity contribution < 1.29 is 0 Å². The molecule has 0 saturated heterocycles. The molecular weight excluding hydrogens is 232 g/mol. The highest BCUT2D eigenvalue weighted by molar-refractivity contribution is 9.10. The molecule has 0 atom stereocenters. The fraction of sp³-hybridized carbons (Fsp3) is 0.125. The first kappa shape index (κ1) is 9.68. The Hall–Kier alpha value is -1.41. The number of halogens is 1. The fourth-order valence-electron chi connectivity index (χ4n) is 0.892. The Morgan fingerprint density at radius 3 is 2.92 bits per heavy atom. The summed E-state index contributed by atoms with van der Waals surface area (Å²) in [6, 6.07) is 3.63. The number of hydrogen-bond acceptors (Lipinski definition) is 4. The maximum atomic E-state index is 8.67. The summed E-state index contributed by atoms with van der Waals surface area (Å²) in [5, 5.41) is 18.6. The Morgan fingerprint density at radius 1 is 1.77 bits per heavy atom. The van der Waals surface area contributed by atoms with Crippen LogP contribution >= 0.6 is 15.9 Å². The molecule has 0 fully saturated rings. The maximum Gasteiger partial charge on any atom is 0.157 e. The minimum absolute atomic E-state index is 0.315. The van der Waals surface area contributed by atoms with Crippen LogP contribution in [0, 0.1) is 16.7 Å². The lowest BCUT2D eigenvalue weighted by Gasteiger charge is -2.04. The lowest BCUT2D eigenvalue weighted by atomic mass is 10.2. The number of pyridine rings is 1. The molecule has 4 nitrogen and oxygen atoms in total. The zero-order chi connectivity index (χ0) is 9.84.